The summed E-state index contributed by atoms with van der Waals surface area (Å²) in [7, 11) is 1.24. The van der Waals surface area contributed by atoms with Crippen LogP contribution in [0.1, 0.15) is 29.0 Å². The van der Waals surface area contributed by atoms with Crippen molar-refractivity contribution in [2.45, 2.75) is 12.8 Å². The summed E-state index contributed by atoms with van der Waals surface area (Å²) in [5.74, 6) is -0.983. The molecule has 1 fully saturated rings. The van der Waals surface area contributed by atoms with Gasteiger partial charge in [0, 0.05) is 18.7 Å². The highest BCUT2D eigenvalue weighted by atomic mass is 16.5. The first kappa shape index (κ1) is 13.9. The molecule has 0 atom stereocenters. The second-order valence-electron chi connectivity index (χ2n) is 4.37. The summed E-state index contributed by atoms with van der Waals surface area (Å²) in [4.78, 5) is 25.2. The zero-order valence-corrected chi connectivity index (χ0v) is 11.1. The van der Waals surface area contributed by atoms with Gasteiger partial charge in [-0.3, -0.25) is 4.79 Å². The molecule has 0 bridgehead atoms. The predicted molar refractivity (Wildman–Crippen MR) is 69.5 cm³/mol. The minimum atomic E-state index is -0.646. The lowest BCUT2D eigenvalue weighted by Gasteiger charge is -2.13. The molecule has 0 saturated carbocycles. The lowest BCUT2D eigenvalue weighted by Crippen LogP contribution is -2.28. The Kier molecular flexibility index (Phi) is 4.20. The minimum absolute atomic E-state index is 0.0153. The first-order valence-corrected chi connectivity index (χ1v) is 6.24. The van der Waals surface area contributed by atoms with Gasteiger partial charge < -0.3 is 14.1 Å². The lowest BCUT2D eigenvalue weighted by molar-refractivity contribution is -0.125. The van der Waals surface area contributed by atoms with E-state index in [0.717, 1.165) is 12.8 Å². The van der Waals surface area contributed by atoms with Crippen LogP contribution in [0.3, 0.4) is 0 Å². The average molecular weight is 274 g/mol. The van der Waals surface area contributed by atoms with Crippen molar-refractivity contribution in [2.75, 3.05) is 20.2 Å². The Morgan fingerprint density at radius 2 is 2.15 bits per heavy atom. The SMILES string of the molecule is COC(=O)c1occc1C=C(C#N)C(=O)N1CCCC1. The first-order chi connectivity index (χ1) is 9.67. The number of rotatable bonds is 3. The van der Waals surface area contributed by atoms with Crippen LogP contribution in [0.15, 0.2) is 22.3 Å². The van der Waals surface area contributed by atoms with E-state index in [2.05, 4.69) is 4.74 Å². The van der Waals surface area contributed by atoms with E-state index < -0.39 is 5.97 Å². The van der Waals surface area contributed by atoms with Crippen molar-refractivity contribution in [1.82, 2.24) is 4.90 Å². The van der Waals surface area contributed by atoms with Crippen LogP contribution >= 0.6 is 0 Å². The number of ether oxygens (including phenoxy) is 1. The first-order valence-electron chi connectivity index (χ1n) is 6.24. The molecule has 0 radical (unpaired) electrons. The van der Waals surface area contributed by atoms with E-state index in [-0.39, 0.29) is 17.2 Å². The molecule has 104 valence electrons. The van der Waals surface area contributed by atoms with Crippen molar-refractivity contribution in [3.63, 3.8) is 0 Å². The fourth-order valence-corrected chi connectivity index (χ4v) is 2.08. The molecule has 1 aromatic rings. The van der Waals surface area contributed by atoms with E-state index in [0.29, 0.717) is 18.7 Å². The molecular formula is C14H14N2O4. The van der Waals surface area contributed by atoms with Crippen molar-refractivity contribution >= 4 is 18.0 Å². The van der Waals surface area contributed by atoms with Crippen molar-refractivity contribution < 1.29 is 18.7 Å². The van der Waals surface area contributed by atoms with Crippen molar-refractivity contribution in [3.8, 4) is 6.07 Å². The number of likely N-dealkylation sites (tertiary alicyclic amines) is 1. The van der Waals surface area contributed by atoms with Crippen LogP contribution in [-0.4, -0.2) is 37.0 Å². The van der Waals surface area contributed by atoms with Crippen molar-refractivity contribution in [2.24, 2.45) is 0 Å². The molecule has 0 unspecified atom stereocenters. The van der Waals surface area contributed by atoms with E-state index in [1.165, 1.54) is 25.5 Å². The number of carbonyl (C=O) groups is 2. The maximum atomic E-state index is 12.1. The highest BCUT2D eigenvalue weighted by Gasteiger charge is 2.23. The van der Waals surface area contributed by atoms with Gasteiger partial charge in [-0.2, -0.15) is 5.26 Å². The number of hydrogen-bond donors (Lipinski definition) is 0. The second kappa shape index (κ2) is 6.06. The molecule has 6 heteroatoms. The summed E-state index contributed by atoms with van der Waals surface area (Å²) in [6.07, 6.45) is 4.57. The lowest BCUT2D eigenvalue weighted by atomic mass is 10.1. The smallest absolute Gasteiger partial charge is 0.374 e. The van der Waals surface area contributed by atoms with Crippen LogP contribution in [0.25, 0.3) is 6.08 Å². The third kappa shape index (κ3) is 2.72. The van der Waals surface area contributed by atoms with Gasteiger partial charge in [-0.15, -0.1) is 0 Å². The van der Waals surface area contributed by atoms with Gasteiger partial charge in [0.1, 0.15) is 11.6 Å². The Morgan fingerprint density at radius 3 is 2.75 bits per heavy atom. The second-order valence-corrected chi connectivity index (χ2v) is 4.37. The topological polar surface area (TPSA) is 83.5 Å². The van der Waals surface area contributed by atoms with Gasteiger partial charge in [-0.05, 0) is 25.0 Å². The molecule has 1 aliphatic rings. The van der Waals surface area contributed by atoms with E-state index in [1.54, 1.807) is 4.90 Å². The molecule has 1 aromatic heterocycles. The molecule has 6 nitrogen and oxygen atoms in total. The molecule has 0 aromatic carbocycles. The average Bonchev–Trinajstić information content (AvgIpc) is 3.14. The maximum Gasteiger partial charge on any atom is 0.374 e. The Morgan fingerprint density at radius 1 is 1.45 bits per heavy atom. The maximum absolute atomic E-state index is 12.1. The van der Waals surface area contributed by atoms with E-state index in [4.69, 9.17) is 9.68 Å². The normalized spacial score (nSPS) is 15.0. The summed E-state index contributed by atoms with van der Waals surface area (Å²) in [6, 6.07) is 3.39. The fraction of sp³-hybridized carbons (Fsp3) is 0.357. The molecular weight excluding hydrogens is 260 g/mol. The summed E-state index contributed by atoms with van der Waals surface area (Å²) < 4.78 is 9.59. The van der Waals surface area contributed by atoms with E-state index >= 15 is 0 Å². The number of hydrogen-bond acceptors (Lipinski definition) is 5. The van der Waals surface area contributed by atoms with Crippen LogP contribution in [0.4, 0.5) is 0 Å². The van der Waals surface area contributed by atoms with Gasteiger partial charge in [0.15, 0.2) is 0 Å². The number of amides is 1. The van der Waals surface area contributed by atoms with E-state index in [1.807, 2.05) is 6.07 Å². The predicted octanol–water partition coefficient (Wildman–Crippen LogP) is 1.60. The quantitative estimate of drug-likeness (QED) is 0.475. The van der Waals surface area contributed by atoms with Gasteiger partial charge in [0.05, 0.1) is 13.4 Å². The van der Waals surface area contributed by atoms with Crippen molar-refractivity contribution in [1.29, 1.82) is 5.26 Å². The standard InChI is InChI=1S/C14H14N2O4/c1-19-14(18)12-10(4-7-20-12)8-11(9-15)13(17)16-5-2-3-6-16/h4,7-8H,2-3,5-6H2,1H3. The summed E-state index contributed by atoms with van der Waals surface area (Å²) in [5.41, 5.74) is 0.347. The van der Waals surface area contributed by atoms with Crippen LogP contribution in [0.5, 0.6) is 0 Å². The monoisotopic (exact) mass is 274 g/mol. The summed E-state index contributed by atoms with van der Waals surface area (Å²) in [6.45, 7) is 1.32. The van der Waals surface area contributed by atoms with Gasteiger partial charge in [0.2, 0.25) is 5.76 Å². The molecule has 2 rings (SSSR count). The summed E-state index contributed by atoms with van der Waals surface area (Å²) in [5, 5.41) is 9.13. The highest BCUT2D eigenvalue weighted by molar-refractivity contribution is 6.03. The molecule has 0 aliphatic carbocycles. The molecule has 1 saturated heterocycles. The van der Waals surface area contributed by atoms with Gasteiger partial charge in [-0.25, -0.2) is 4.79 Å². The number of furan rings is 1. The number of nitrogens with zero attached hydrogens (tertiary/aromatic N) is 2. The molecule has 0 spiro atoms. The van der Waals surface area contributed by atoms with E-state index in [9.17, 15) is 9.59 Å². The third-order valence-electron chi connectivity index (χ3n) is 3.11. The highest BCUT2D eigenvalue weighted by Crippen LogP contribution is 2.18. The molecule has 20 heavy (non-hydrogen) atoms. The molecule has 2 heterocycles. The van der Waals surface area contributed by atoms with Gasteiger partial charge >= 0.3 is 5.97 Å². The number of esters is 1. The Hall–Kier alpha value is -2.55. The zero-order valence-electron chi connectivity index (χ0n) is 11.1. The van der Waals surface area contributed by atoms with Crippen LogP contribution in [0.2, 0.25) is 0 Å². The molecule has 1 amide bonds. The van der Waals surface area contributed by atoms with Crippen LogP contribution in [0, 0.1) is 11.3 Å². The number of methoxy groups -OCH3 is 1. The third-order valence-corrected chi connectivity index (χ3v) is 3.11. The molecule has 1 aliphatic heterocycles. The van der Waals surface area contributed by atoms with Crippen LogP contribution in [-0.2, 0) is 9.53 Å². The molecule has 0 N–H and O–H groups in total. The Bertz CT molecular complexity index is 589. The van der Waals surface area contributed by atoms with Gasteiger partial charge in [-0.1, -0.05) is 0 Å². The van der Waals surface area contributed by atoms with Gasteiger partial charge in [0.25, 0.3) is 5.91 Å². The Balaban J connectivity index is 2.27. The van der Waals surface area contributed by atoms with Crippen LogP contribution < -0.4 is 0 Å². The largest absolute Gasteiger partial charge is 0.463 e. The van der Waals surface area contributed by atoms with Crippen molar-refractivity contribution in [3.05, 3.63) is 29.2 Å². The summed E-state index contributed by atoms with van der Waals surface area (Å²) >= 11 is 0. The number of carbonyl (C=O) groups excluding carboxylic acids is 2. The minimum Gasteiger partial charge on any atom is -0.463 e. The number of nitriles is 1. The zero-order chi connectivity index (χ0) is 14.5. The fourth-order valence-electron chi connectivity index (χ4n) is 2.08. The Labute approximate surface area is 116 Å².